The fourth-order valence-corrected chi connectivity index (χ4v) is 1.98. The summed E-state index contributed by atoms with van der Waals surface area (Å²) >= 11 is 0. The van der Waals surface area contributed by atoms with E-state index in [-0.39, 0.29) is 11.1 Å². The average Bonchev–Trinajstić information content (AvgIpc) is 2.47. The Morgan fingerprint density at radius 2 is 1.90 bits per heavy atom. The van der Waals surface area contributed by atoms with Crippen LogP contribution >= 0.6 is 0 Å². The summed E-state index contributed by atoms with van der Waals surface area (Å²) in [5, 5.41) is 18.7. The molecule has 2 aromatic carbocycles. The van der Waals surface area contributed by atoms with E-state index in [4.69, 9.17) is 9.84 Å². The molecule has 0 bridgehead atoms. The molecule has 0 radical (unpaired) electrons. The van der Waals surface area contributed by atoms with Crippen molar-refractivity contribution in [2.75, 3.05) is 6.61 Å². The predicted molar refractivity (Wildman–Crippen MR) is 75.0 cm³/mol. The molecule has 2 aromatic rings. The first kappa shape index (κ1) is 15.0. The summed E-state index contributed by atoms with van der Waals surface area (Å²) in [6.07, 6.45) is 0. The monoisotopic (exact) mass is 290 g/mol. The molecule has 0 saturated carbocycles. The molecule has 0 aromatic heterocycles. The Morgan fingerprint density at radius 1 is 1.24 bits per heavy atom. The van der Waals surface area contributed by atoms with E-state index in [0.717, 1.165) is 6.07 Å². The average molecular weight is 290 g/mol. The van der Waals surface area contributed by atoms with Crippen molar-refractivity contribution in [3.8, 4) is 11.5 Å². The van der Waals surface area contributed by atoms with Crippen molar-refractivity contribution in [1.82, 2.24) is 0 Å². The lowest BCUT2D eigenvalue weighted by Gasteiger charge is -2.08. The Labute approximate surface area is 121 Å². The molecule has 5 heteroatoms. The number of carbonyl (C=O) groups is 1. The zero-order chi connectivity index (χ0) is 15.4. The molecular weight excluding hydrogens is 275 g/mol. The van der Waals surface area contributed by atoms with Gasteiger partial charge in [-0.1, -0.05) is 0 Å². The van der Waals surface area contributed by atoms with Crippen molar-refractivity contribution in [3.63, 3.8) is 0 Å². The normalized spacial score (nSPS) is 10.4. The van der Waals surface area contributed by atoms with E-state index in [1.54, 1.807) is 12.1 Å². The molecule has 21 heavy (non-hydrogen) atoms. The number of phenols is 1. The van der Waals surface area contributed by atoms with Crippen LogP contribution in [0.2, 0.25) is 0 Å². The molecule has 0 aliphatic rings. The Bertz CT molecular complexity index is 627. The van der Waals surface area contributed by atoms with Crippen LogP contribution in [0.4, 0.5) is 4.39 Å². The molecule has 0 unspecified atom stereocenters. The molecular formula is C16H15FO4. The van der Waals surface area contributed by atoms with Crippen molar-refractivity contribution in [3.05, 3.63) is 58.9 Å². The van der Waals surface area contributed by atoms with Crippen molar-refractivity contribution < 1.29 is 24.1 Å². The van der Waals surface area contributed by atoms with Gasteiger partial charge in [0.25, 0.3) is 0 Å². The van der Waals surface area contributed by atoms with Crippen LogP contribution in [-0.4, -0.2) is 22.6 Å². The molecule has 0 atom stereocenters. The largest absolute Gasteiger partial charge is 0.507 e. The number of halogens is 1. The van der Waals surface area contributed by atoms with Gasteiger partial charge in [0.05, 0.1) is 18.8 Å². The van der Waals surface area contributed by atoms with Gasteiger partial charge in [-0.2, -0.15) is 0 Å². The molecule has 0 fully saturated rings. The first-order valence-corrected chi connectivity index (χ1v) is 6.46. The van der Waals surface area contributed by atoms with Gasteiger partial charge in [-0.05, 0) is 48.9 Å². The number of phenolic OH excluding ortho intramolecular Hbond substituents is 1. The fourth-order valence-electron chi connectivity index (χ4n) is 1.98. The van der Waals surface area contributed by atoms with Gasteiger partial charge in [0.2, 0.25) is 0 Å². The van der Waals surface area contributed by atoms with E-state index in [0.29, 0.717) is 12.4 Å². The van der Waals surface area contributed by atoms with Gasteiger partial charge in [0, 0.05) is 5.56 Å². The van der Waals surface area contributed by atoms with E-state index >= 15 is 0 Å². The number of rotatable bonds is 5. The maximum Gasteiger partial charge on any atom is 0.199 e. The minimum Gasteiger partial charge on any atom is -0.507 e. The highest BCUT2D eigenvalue weighted by Crippen LogP contribution is 2.26. The van der Waals surface area contributed by atoms with Crippen molar-refractivity contribution in [1.29, 1.82) is 0 Å². The molecule has 2 N–H and O–H groups in total. The molecule has 0 aliphatic carbocycles. The number of carbonyl (C=O) groups excluding carboxylic acids is 1. The molecule has 110 valence electrons. The third-order valence-electron chi connectivity index (χ3n) is 2.97. The maximum absolute atomic E-state index is 13.9. The Morgan fingerprint density at radius 3 is 2.43 bits per heavy atom. The van der Waals surface area contributed by atoms with Gasteiger partial charge in [0.1, 0.15) is 17.3 Å². The summed E-state index contributed by atoms with van der Waals surface area (Å²) in [5.41, 5.74) is 0.0361. The molecule has 2 rings (SSSR count). The van der Waals surface area contributed by atoms with Crippen LogP contribution < -0.4 is 4.74 Å². The van der Waals surface area contributed by atoms with Crippen LogP contribution in [0, 0.1) is 5.82 Å². The molecule has 0 aliphatic heterocycles. The van der Waals surface area contributed by atoms with Gasteiger partial charge in [0.15, 0.2) is 5.78 Å². The Balaban J connectivity index is 2.35. The van der Waals surface area contributed by atoms with Crippen LogP contribution in [0.1, 0.15) is 28.4 Å². The minimum absolute atomic E-state index is 0.202. The zero-order valence-electron chi connectivity index (χ0n) is 11.5. The molecule has 0 saturated heterocycles. The fraction of sp³-hybridized carbons (Fsp3) is 0.188. The highest BCUT2D eigenvalue weighted by atomic mass is 19.1. The lowest BCUT2D eigenvalue weighted by atomic mass is 10.00. The SMILES string of the molecule is CCOc1ccc(C(=O)c2c(O)cc(CO)cc2F)cc1. The smallest absolute Gasteiger partial charge is 0.199 e. The summed E-state index contributed by atoms with van der Waals surface area (Å²) in [6, 6.07) is 8.42. The van der Waals surface area contributed by atoms with Crippen LogP contribution in [-0.2, 0) is 6.61 Å². The van der Waals surface area contributed by atoms with Crippen molar-refractivity contribution >= 4 is 5.78 Å². The maximum atomic E-state index is 13.9. The van der Waals surface area contributed by atoms with E-state index in [9.17, 15) is 14.3 Å². The lowest BCUT2D eigenvalue weighted by Crippen LogP contribution is -2.06. The van der Waals surface area contributed by atoms with E-state index in [1.165, 1.54) is 18.2 Å². The summed E-state index contributed by atoms with van der Waals surface area (Å²) in [7, 11) is 0. The number of aromatic hydroxyl groups is 1. The highest BCUT2D eigenvalue weighted by Gasteiger charge is 2.19. The van der Waals surface area contributed by atoms with Gasteiger partial charge in [-0.3, -0.25) is 4.79 Å². The van der Waals surface area contributed by atoms with Gasteiger partial charge < -0.3 is 14.9 Å². The predicted octanol–water partition coefficient (Wildman–Crippen LogP) is 2.65. The van der Waals surface area contributed by atoms with Crippen molar-refractivity contribution in [2.45, 2.75) is 13.5 Å². The topological polar surface area (TPSA) is 66.8 Å². The van der Waals surface area contributed by atoms with Crippen LogP contribution in [0.15, 0.2) is 36.4 Å². The minimum atomic E-state index is -0.863. The Kier molecular flexibility index (Phi) is 4.55. The third-order valence-corrected chi connectivity index (χ3v) is 2.97. The first-order chi connectivity index (χ1) is 10.1. The van der Waals surface area contributed by atoms with E-state index in [2.05, 4.69) is 0 Å². The van der Waals surface area contributed by atoms with Gasteiger partial charge in [-0.15, -0.1) is 0 Å². The quantitative estimate of drug-likeness (QED) is 0.831. The summed E-state index contributed by atoms with van der Waals surface area (Å²) in [4.78, 5) is 12.3. The second-order valence-electron chi connectivity index (χ2n) is 4.42. The van der Waals surface area contributed by atoms with E-state index in [1.807, 2.05) is 6.92 Å². The van der Waals surface area contributed by atoms with Gasteiger partial charge in [-0.25, -0.2) is 4.39 Å². The summed E-state index contributed by atoms with van der Waals surface area (Å²) < 4.78 is 19.2. The molecule has 4 nitrogen and oxygen atoms in total. The Hall–Kier alpha value is -2.40. The van der Waals surface area contributed by atoms with Crippen LogP contribution in [0.25, 0.3) is 0 Å². The van der Waals surface area contributed by atoms with Gasteiger partial charge >= 0.3 is 0 Å². The zero-order valence-corrected chi connectivity index (χ0v) is 11.5. The number of ketones is 1. The number of aliphatic hydroxyl groups is 1. The molecule has 0 spiro atoms. The third kappa shape index (κ3) is 3.20. The number of hydrogen-bond acceptors (Lipinski definition) is 4. The number of hydrogen-bond donors (Lipinski definition) is 2. The highest BCUT2D eigenvalue weighted by molar-refractivity contribution is 6.10. The molecule has 0 amide bonds. The summed E-state index contributed by atoms with van der Waals surface area (Å²) in [6.45, 7) is 1.93. The standard InChI is InChI=1S/C16H15FO4/c1-2-21-12-5-3-11(4-6-12)16(20)15-13(17)7-10(9-18)8-14(15)19/h3-8,18-19H,2,9H2,1H3. The molecule has 0 heterocycles. The van der Waals surface area contributed by atoms with Crippen LogP contribution in [0.3, 0.4) is 0 Å². The number of ether oxygens (including phenoxy) is 1. The van der Waals surface area contributed by atoms with Crippen molar-refractivity contribution in [2.24, 2.45) is 0 Å². The number of aliphatic hydroxyl groups excluding tert-OH is 1. The summed E-state index contributed by atoms with van der Waals surface area (Å²) in [5.74, 6) is -1.37. The lowest BCUT2D eigenvalue weighted by molar-refractivity contribution is 0.103. The second-order valence-corrected chi connectivity index (χ2v) is 4.42. The number of benzene rings is 2. The second kappa shape index (κ2) is 6.37. The van der Waals surface area contributed by atoms with E-state index < -0.39 is 29.5 Å². The van der Waals surface area contributed by atoms with Crippen LogP contribution in [0.5, 0.6) is 11.5 Å². The first-order valence-electron chi connectivity index (χ1n) is 6.46.